The van der Waals surface area contributed by atoms with Crippen LogP contribution in [-0.4, -0.2) is 31.7 Å². The second-order valence-corrected chi connectivity index (χ2v) is 14.7. The molecule has 0 spiro atoms. The highest BCUT2D eigenvalue weighted by Gasteiger charge is 2.51. The van der Waals surface area contributed by atoms with E-state index in [4.69, 9.17) is 23.2 Å². The minimum atomic E-state index is -3.53. The van der Waals surface area contributed by atoms with Gasteiger partial charge in [-0.1, -0.05) is 41.4 Å². The number of nitrogens with zero attached hydrogens (tertiary/aromatic N) is 1. The van der Waals surface area contributed by atoms with E-state index in [1.807, 2.05) is 0 Å². The van der Waals surface area contributed by atoms with E-state index in [0.29, 0.717) is 47.0 Å². The maximum Gasteiger partial charge on any atom is 0.227 e. The summed E-state index contributed by atoms with van der Waals surface area (Å²) < 4.78 is 27.4. The van der Waals surface area contributed by atoms with Gasteiger partial charge in [0.1, 0.15) is 0 Å². The molecule has 1 heterocycles. The van der Waals surface area contributed by atoms with Crippen LogP contribution in [0, 0.1) is 23.7 Å². The maximum absolute atomic E-state index is 13.0. The summed E-state index contributed by atoms with van der Waals surface area (Å²) in [6.07, 6.45) is 9.30. The first kappa shape index (κ1) is 25.7. The van der Waals surface area contributed by atoms with Crippen molar-refractivity contribution in [3.8, 4) is 0 Å². The van der Waals surface area contributed by atoms with E-state index >= 15 is 0 Å². The summed E-state index contributed by atoms with van der Waals surface area (Å²) in [5, 5.41) is 3.90. The predicted octanol–water partition coefficient (Wildman–Crippen LogP) is 6.64. The molecule has 5 aliphatic rings. The highest BCUT2D eigenvalue weighted by molar-refractivity contribution is 7.88. The van der Waals surface area contributed by atoms with E-state index in [-0.39, 0.29) is 17.6 Å². The molecular formula is C29H34Cl2N2O3S. The van der Waals surface area contributed by atoms with Gasteiger partial charge in [-0.3, -0.25) is 4.79 Å². The summed E-state index contributed by atoms with van der Waals surface area (Å²) in [5.41, 5.74) is 3.16. The van der Waals surface area contributed by atoms with Crippen LogP contribution < -0.4 is 5.32 Å². The average molecular weight is 562 g/mol. The number of sulfonamides is 1. The van der Waals surface area contributed by atoms with Gasteiger partial charge >= 0.3 is 0 Å². The molecule has 7 rings (SSSR count). The van der Waals surface area contributed by atoms with Gasteiger partial charge in [0.2, 0.25) is 15.9 Å². The van der Waals surface area contributed by atoms with Crippen LogP contribution >= 0.6 is 23.2 Å². The molecule has 1 N–H and O–H groups in total. The van der Waals surface area contributed by atoms with Crippen molar-refractivity contribution in [2.75, 3.05) is 18.4 Å². The zero-order valence-corrected chi connectivity index (χ0v) is 23.3. The normalized spacial score (nSPS) is 29.9. The Morgan fingerprint density at radius 3 is 2.08 bits per heavy atom. The molecule has 1 amide bonds. The van der Waals surface area contributed by atoms with Crippen molar-refractivity contribution in [2.24, 2.45) is 23.7 Å². The molecule has 5 fully saturated rings. The van der Waals surface area contributed by atoms with Crippen LogP contribution in [0.15, 0.2) is 42.5 Å². The summed E-state index contributed by atoms with van der Waals surface area (Å²) in [6.45, 7) is 0.660. The van der Waals surface area contributed by atoms with Crippen LogP contribution in [0.1, 0.15) is 62.5 Å². The molecule has 4 bridgehead atoms. The molecular weight excluding hydrogens is 527 g/mol. The van der Waals surface area contributed by atoms with Crippen molar-refractivity contribution in [1.29, 1.82) is 0 Å². The van der Waals surface area contributed by atoms with E-state index < -0.39 is 10.0 Å². The van der Waals surface area contributed by atoms with Gasteiger partial charge in [-0.05, 0) is 110 Å². The smallest absolute Gasteiger partial charge is 0.227 e. The number of piperidine rings is 1. The minimum absolute atomic E-state index is 0.0275. The van der Waals surface area contributed by atoms with Gasteiger partial charge in [-0.15, -0.1) is 0 Å². The summed E-state index contributed by atoms with van der Waals surface area (Å²) in [7, 11) is -3.53. The molecule has 8 heteroatoms. The lowest BCUT2D eigenvalue weighted by Crippen LogP contribution is -2.48. The van der Waals surface area contributed by atoms with Crippen LogP contribution in [-0.2, 0) is 26.0 Å². The van der Waals surface area contributed by atoms with Gasteiger partial charge in [0.05, 0.1) is 5.75 Å². The van der Waals surface area contributed by atoms with Crippen LogP contribution in [0.3, 0.4) is 0 Å². The molecule has 0 radical (unpaired) electrons. The van der Waals surface area contributed by atoms with Crippen molar-refractivity contribution in [3.05, 3.63) is 63.6 Å². The molecule has 0 atom stereocenters. The quantitative estimate of drug-likeness (QED) is 0.430. The van der Waals surface area contributed by atoms with Gasteiger partial charge in [-0.2, -0.15) is 0 Å². The zero-order valence-electron chi connectivity index (χ0n) is 21.0. The maximum atomic E-state index is 13.0. The lowest BCUT2D eigenvalue weighted by Gasteiger charge is -2.57. The van der Waals surface area contributed by atoms with Gasteiger partial charge < -0.3 is 5.32 Å². The lowest BCUT2D eigenvalue weighted by atomic mass is 9.48. The van der Waals surface area contributed by atoms with E-state index in [9.17, 15) is 13.2 Å². The number of benzene rings is 2. The second-order valence-electron chi connectivity index (χ2n) is 11.9. The number of halogens is 2. The van der Waals surface area contributed by atoms with E-state index in [1.165, 1.54) is 48.4 Å². The Morgan fingerprint density at radius 2 is 1.51 bits per heavy atom. The third-order valence-electron chi connectivity index (χ3n) is 9.37. The van der Waals surface area contributed by atoms with Crippen LogP contribution in [0.4, 0.5) is 5.69 Å². The number of hydrogen-bond acceptors (Lipinski definition) is 3. The lowest BCUT2D eigenvalue weighted by molar-refractivity contribution is -0.120. The fourth-order valence-corrected chi connectivity index (χ4v) is 10.1. The number of nitrogens with one attached hydrogen (secondary N) is 1. The Morgan fingerprint density at radius 1 is 0.919 bits per heavy atom. The van der Waals surface area contributed by atoms with Crippen LogP contribution in [0.5, 0.6) is 0 Å². The molecule has 1 saturated heterocycles. The average Bonchev–Trinajstić information content (AvgIpc) is 2.85. The summed E-state index contributed by atoms with van der Waals surface area (Å²) in [4.78, 5) is 13.0. The van der Waals surface area contributed by atoms with Gasteiger partial charge in [0.15, 0.2) is 0 Å². The highest BCUT2D eigenvalue weighted by Crippen LogP contribution is 2.60. The first-order chi connectivity index (χ1) is 17.7. The molecule has 5 nitrogen and oxygen atoms in total. The molecule has 0 unspecified atom stereocenters. The summed E-state index contributed by atoms with van der Waals surface area (Å²) >= 11 is 12.1. The molecule has 1 aliphatic heterocycles. The summed E-state index contributed by atoms with van der Waals surface area (Å²) in [6, 6.07) is 13.4. The molecule has 2 aromatic carbocycles. The zero-order chi connectivity index (χ0) is 25.8. The first-order valence-corrected chi connectivity index (χ1v) is 15.9. The van der Waals surface area contributed by atoms with E-state index in [2.05, 4.69) is 29.6 Å². The Labute approximate surface area is 230 Å². The Bertz CT molecular complexity index is 1250. The van der Waals surface area contributed by atoms with Crippen molar-refractivity contribution in [3.63, 3.8) is 0 Å². The van der Waals surface area contributed by atoms with Crippen LogP contribution in [0.25, 0.3) is 0 Å². The largest absolute Gasteiger partial charge is 0.326 e. The minimum Gasteiger partial charge on any atom is -0.326 e. The van der Waals surface area contributed by atoms with Crippen LogP contribution in [0.2, 0.25) is 10.0 Å². The number of rotatable bonds is 6. The monoisotopic (exact) mass is 560 g/mol. The Balaban J connectivity index is 1.04. The molecule has 198 valence electrons. The second kappa shape index (κ2) is 9.86. The number of carbonyl (C=O) groups excluding carboxylic acids is 1. The van der Waals surface area contributed by atoms with Gasteiger partial charge in [-0.25, -0.2) is 12.7 Å². The predicted molar refractivity (Wildman–Crippen MR) is 148 cm³/mol. The third kappa shape index (κ3) is 5.19. The summed E-state index contributed by atoms with van der Waals surface area (Å²) in [5.74, 6) is 2.32. The molecule has 37 heavy (non-hydrogen) atoms. The van der Waals surface area contributed by atoms with E-state index in [0.717, 1.165) is 23.4 Å². The number of carbonyl (C=O) groups is 1. The Hall–Kier alpha value is -1.60. The van der Waals surface area contributed by atoms with E-state index in [1.54, 1.807) is 18.2 Å². The molecule has 4 saturated carbocycles. The van der Waals surface area contributed by atoms with Gasteiger partial charge in [0.25, 0.3) is 0 Å². The standard InChI is InChI=1S/C29H34Cl2N2O3S/c30-25-4-1-23(27(31)14-25)18-37(35,36)33-9-7-22(8-10-33)28(34)32-26-5-2-24(3-6-26)29-15-19-11-20(16-29)13-21(12-19)17-29/h1-6,14,19-22H,7-13,15-18H2,(H,32,34). The van der Waals surface area contributed by atoms with Crippen molar-refractivity contribution >= 4 is 44.8 Å². The Kier molecular flexibility index (Phi) is 6.84. The van der Waals surface area contributed by atoms with Crippen molar-refractivity contribution < 1.29 is 13.2 Å². The van der Waals surface area contributed by atoms with Gasteiger partial charge in [0, 0.05) is 34.7 Å². The van der Waals surface area contributed by atoms with Crippen molar-refractivity contribution in [1.82, 2.24) is 4.31 Å². The topological polar surface area (TPSA) is 66.5 Å². The number of amides is 1. The third-order valence-corrected chi connectivity index (χ3v) is 11.8. The molecule has 0 aromatic heterocycles. The number of hydrogen-bond donors (Lipinski definition) is 1. The van der Waals surface area contributed by atoms with Crippen molar-refractivity contribution in [2.45, 2.75) is 62.5 Å². The SMILES string of the molecule is O=C(Nc1ccc(C23CC4CC(CC(C4)C2)C3)cc1)C1CCN(S(=O)(=O)Cc2ccc(Cl)cc2Cl)CC1. The molecule has 2 aromatic rings. The highest BCUT2D eigenvalue weighted by atomic mass is 35.5. The molecule has 4 aliphatic carbocycles. The fourth-order valence-electron chi connectivity index (χ4n) is 7.94. The number of anilines is 1. The fraction of sp³-hybridized carbons (Fsp3) is 0.552. The first-order valence-electron chi connectivity index (χ1n) is 13.5.